The summed E-state index contributed by atoms with van der Waals surface area (Å²) in [5.41, 5.74) is 0. The highest BCUT2D eigenvalue weighted by Crippen LogP contribution is 2.29. The van der Waals surface area contributed by atoms with Gasteiger partial charge in [-0.15, -0.1) is 4.91 Å². The molecule has 1 fully saturated rings. The van der Waals surface area contributed by atoms with E-state index in [0.717, 1.165) is 0 Å². The lowest BCUT2D eigenvalue weighted by Gasteiger charge is -2.42. The van der Waals surface area contributed by atoms with Crippen LogP contribution < -0.4 is 10.6 Å². The monoisotopic (exact) mass is 381 g/mol. The van der Waals surface area contributed by atoms with Crippen molar-refractivity contribution in [2.24, 2.45) is 4.58 Å². The van der Waals surface area contributed by atoms with Crippen LogP contribution in [0.2, 0.25) is 0 Å². The van der Waals surface area contributed by atoms with Crippen LogP contribution in [0.5, 0.6) is 0 Å². The quantitative estimate of drug-likeness (QED) is 0.207. The summed E-state index contributed by atoms with van der Waals surface area (Å²) >= 11 is 0.551. The van der Waals surface area contributed by atoms with Crippen molar-refractivity contribution >= 4 is 23.8 Å². The summed E-state index contributed by atoms with van der Waals surface area (Å²) in [5.74, 6) is -3.61. The largest absolute Gasteiger partial charge is 0.388 e. The second-order valence-electron chi connectivity index (χ2n) is 6.28. The van der Waals surface area contributed by atoms with Gasteiger partial charge >= 0.3 is 0 Å². The van der Waals surface area contributed by atoms with Gasteiger partial charge in [-0.1, -0.05) is 0 Å². The van der Waals surface area contributed by atoms with Crippen LogP contribution in [0.1, 0.15) is 20.8 Å². The van der Waals surface area contributed by atoms with Crippen LogP contribution in [0.25, 0.3) is 0 Å². The van der Waals surface area contributed by atoms with Gasteiger partial charge in [0.2, 0.25) is 17.6 Å². The molecule has 0 radical (unpaired) electrons. The predicted octanol–water partition coefficient (Wildman–Crippen LogP) is -2.40. The average molecular weight is 381 g/mol. The number of nitroso groups, excluding NO2 is 1. The number of aliphatic hydroxyl groups excluding tert-OH is 3. The van der Waals surface area contributed by atoms with Crippen molar-refractivity contribution in [1.82, 2.24) is 10.6 Å². The molecule has 2 unspecified atom stereocenters. The fourth-order valence-corrected chi connectivity index (χ4v) is 2.73. The summed E-state index contributed by atoms with van der Waals surface area (Å²) in [6.45, 7) is 3.15. The molecule has 144 valence electrons. The van der Waals surface area contributed by atoms with Crippen LogP contribution in [-0.4, -0.2) is 80.3 Å². The van der Waals surface area contributed by atoms with E-state index >= 15 is 0 Å². The van der Waals surface area contributed by atoms with E-state index in [1.54, 1.807) is 0 Å². The molecule has 0 saturated carbocycles. The number of hydrogen-bond acceptors (Lipinski definition) is 10. The summed E-state index contributed by atoms with van der Waals surface area (Å²) in [4.78, 5) is 34.2. The third-order valence-corrected chi connectivity index (χ3v) is 4.56. The number of aliphatic hydroxyl groups is 4. The Morgan fingerprint density at radius 1 is 1.40 bits per heavy atom. The molecule has 2 amide bonds. The van der Waals surface area contributed by atoms with Gasteiger partial charge in [0, 0.05) is 23.5 Å². The van der Waals surface area contributed by atoms with Crippen LogP contribution in [0, 0.1) is 4.91 Å². The maximum absolute atomic E-state index is 12.4. The van der Waals surface area contributed by atoms with Crippen LogP contribution in [0.4, 0.5) is 0 Å². The second kappa shape index (κ2) is 8.38. The van der Waals surface area contributed by atoms with E-state index in [2.05, 4.69) is 15.2 Å². The lowest BCUT2D eigenvalue weighted by Crippen LogP contribution is -2.66. The van der Waals surface area contributed by atoms with Gasteiger partial charge in [0.15, 0.2) is 0 Å². The van der Waals surface area contributed by atoms with Crippen LogP contribution in [-0.2, 0) is 14.3 Å². The molecule has 0 aliphatic carbocycles. The van der Waals surface area contributed by atoms with Crippen LogP contribution in [0.3, 0.4) is 0 Å². The van der Waals surface area contributed by atoms with Gasteiger partial charge in [-0.3, -0.25) is 9.59 Å². The van der Waals surface area contributed by atoms with Crippen molar-refractivity contribution in [2.45, 2.75) is 55.7 Å². The number of ether oxygens (including phenoxy) is 1. The van der Waals surface area contributed by atoms with E-state index < -0.39 is 59.9 Å². The molecule has 0 aromatic carbocycles. The maximum atomic E-state index is 12.4. The van der Waals surface area contributed by atoms with Gasteiger partial charge in [0.25, 0.3) is 0 Å². The van der Waals surface area contributed by atoms with Gasteiger partial charge in [-0.25, -0.2) is 0 Å². The van der Waals surface area contributed by atoms with E-state index in [1.807, 2.05) is 0 Å². The van der Waals surface area contributed by atoms with E-state index in [-0.39, 0.29) is 0 Å². The Morgan fingerprint density at radius 2 is 2.00 bits per heavy atom. The van der Waals surface area contributed by atoms with E-state index in [0.29, 0.717) is 11.9 Å². The smallest absolute Gasteiger partial charge is 0.244 e. The zero-order chi connectivity index (χ0) is 19.4. The summed E-state index contributed by atoms with van der Waals surface area (Å²) in [6.07, 6.45) is -4.91. The van der Waals surface area contributed by atoms with Crippen molar-refractivity contribution in [3.8, 4) is 0 Å². The fraction of sp³-hybridized carbons (Fsp3) is 0.846. The Balaban J connectivity index is 2.83. The molecule has 0 aromatic heterocycles. The zero-order valence-corrected chi connectivity index (χ0v) is 14.8. The fourth-order valence-electron chi connectivity index (χ4n) is 2.27. The highest BCUT2D eigenvalue weighted by atomic mass is 32.2. The number of amides is 2. The summed E-state index contributed by atoms with van der Waals surface area (Å²) in [5, 5.41) is 43.7. The standard InChI is InChI=1S/C13H23N3O8S/c1-6(17)15-9(12(2,3)25-16-23)11(21)14-5-13(22)10(20)8(19)7(18)4-24-13/h7-10,18-20,22H,4-5H2,1-3H3,(H,14,21)(H,15,17)/t7-,8?,9-,10?,13+/m0/s1. The van der Waals surface area contributed by atoms with Gasteiger partial charge in [0.1, 0.15) is 24.4 Å². The maximum Gasteiger partial charge on any atom is 0.244 e. The molecule has 12 heteroatoms. The molecule has 0 aromatic rings. The van der Waals surface area contributed by atoms with Gasteiger partial charge in [-0.2, -0.15) is 0 Å². The van der Waals surface area contributed by atoms with Crippen molar-refractivity contribution in [2.75, 3.05) is 13.2 Å². The molecule has 1 aliphatic heterocycles. The first kappa shape index (κ1) is 21.7. The Kier molecular flexibility index (Phi) is 7.28. The number of nitrogens with one attached hydrogen (secondary N) is 2. The Hall–Kier alpha value is -1.31. The first-order valence-electron chi connectivity index (χ1n) is 7.41. The van der Waals surface area contributed by atoms with E-state index in [9.17, 15) is 34.9 Å². The van der Waals surface area contributed by atoms with Crippen molar-refractivity contribution in [3.63, 3.8) is 0 Å². The first-order valence-corrected chi connectivity index (χ1v) is 8.18. The summed E-state index contributed by atoms with van der Waals surface area (Å²) in [7, 11) is 0. The second-order valence-corrected chi connectivity index (χ2v) is 7.66. The van der Waals surface area contributed by atoms with Crippen molar-refractivity contribution < 1.29 is 34.8 Å². The molecule has 6 N–H and O–H groups in total. The van der Waals surface area contributed by atoms with Crippen LogP contribution in [0.15, 0.2) is 4.58 Å². The summed E-state index contributed by atoms with van der Waals surface area (Å²) in [6, 6.07) is -1.17. The molecule has 5 atom stereocenters. The van der Waals surface area contributed by atoms with Crippen molar-refractivity contribution in [1.29, 1.82) is 0 Å². The Bertz CT molecular complexity index is 520. The minimum atomic E-state index is -2.32. The third kappa shape index (κ3) is 5.33. The first-order chi connectivity index (χ1) is 11.4. The zero-order valence-electron chi connectivity index (χ0n) is 14.0. The molecule has 25 heavy (non-hydrogen) atoms. The molecule has 1 saturated heterocycles. The molecule has 1 rings (SSSR count). The van der Waals surface area contributed by atoms with Gasteiger partial charge in [0.05, 0.1) is 17.9 Å². The van der Waals surface area contributed by atoms with Crippen molar-refractivity contribution in [3.05, 3.63) is 4.91 Å². The number of carbonyl (C=O) groups is 2. The molecule has 1 aliphatic rings. The molecular weight excluding hydrogens is 358 g/mol. The molecular formula is C13H23N3O8S. The van der Waals surface area contributed by atoms with E-state index in [4.69, 9.17) is 4.74 Å². The molecule has 0 bridgehead atoms. The average Bonchev–Trinajstić information content (AvgIpc) is 2.52. The summed E-state index contributed by atoms with van der Waals surface area (Å²) < 4.78 is 6.50. The Morgan fingerprint density at radius 3 is 2.52 bits per heavy atom. The molecule has 11 nitrogen and oxygen atoms in total. The normalized spacial score (nSPS) is 31.1. The van der Waals surface area contributed by atoms with E-state index in [1.165, 1.54) is 20.8 Å². The minimum absolute atomic E-state index is 0.448. The van der Waals surface area contributed by atoms with Gasteiger partial charge in [-0.05, 0) is 13.8 Å². The topological polar surface area (TPSA) is 178 Å². The molecule has 1 heterocycles. The third-order valence-electron chi connectivity index (χ3n) is 3.78. The number of hydrogen-bond donors (Lipinski definition) is 6. The SMILES string of the molecule is CC(=O)N[C@@H](C(=O)NC[C@@]1(O)OC[C@H](O)C(O)C1O)C(C)(C)SN=O. The predicted molar refractivity (Wildman–Crippen MR) is 87.0 cm³/mol. The highest BCUT2D eigenvalue weighted by Gasteiger charge is 2.49. The molecule has 0 spiro atoms. The number of carbonyl (C=O) groups excluding carboxylic acids is 2. The van der Waals surface area contributed by atoms with Gasteiger partial charge < -0.3 is 35.8 Å². The minimum Gasteiger partial charge on any atom is -0.388 e. The lowest BCUT2D eigenvalue weighted by molar-refractivity contribution is -0.317. The Labute approximate surface area is 148 Å². The lowest BCUT2D eigenvalue weighted by atomic mass is 9.96. The number of nitrogens with zero attached hydrogens (tertiary/aromatic N) is 1. The van der Waals surface area contributed by atoms with Crippen LogP contribution >= 0.6 is 11.9 Å². The number of rotatable bonds is 7. The highest BCUT2D eigenvalue weighted by molar-refractivity contribution is 7.99.